The summed E-state index contributed by atoms with van der Waals surface area (Å²) in [7, 11) is 0. The van der Waals surface area contributed by atoms with E-state index in [0.717, 1.165) is 17.7 Å². The average Bonchev–Trinajstić information content (AvgIpc) is 2.78. The third-order valence-electron chi connectivity index (χ3n) is 2.58. The highest BCUT2D eigenvalue weighted by molar-refractivity contribution is 5.36. The Morgan fingerprint density at radius 2 is 1.80 bits per heavy atom. The third kappa shape index (κ3) is 2.10. The minimum atomic E-state index is 0.103. The molecule has 2 aromatic rings. The van der Waals surface area contributed by atoms with Crippen molar-refractivity contribution in [1.82, 2.24) is 4.57 Å². The van der Waals surface area contributed by atoms with Gasteiger partial charge in [-0.1, -0.05) is 19.1 Å². The van der Waals surface area contributed by atoms with Crippen molar-refractivity contribution in [2.75, 3.05) is 0 Å². The van der Waals surface area contributed by atoms with E-state index in [4.69, 9.17) is 5.11 Å². The maximum Gasteiger partial charge on any atom is 0.0681 e. The summed E-state index contributed by atoms with van der Waals surface area (Å²) < 4.78 is 2.10. The van der Waals surface area contributed by atoms with Crippen LogP contribution >= 0.6 is 0 Å². The van der Waals surface area contributed by atoms with Gasteiger partial charge in [0.2, 0.25) is 0 Å². The van der Waals surface area contributed by atoms with Gasteiger partial charge in [-0.2, -0.15) is 0 Å². The molecule has 0 amide bonds. The van der Waals surface area contributed by atoms with E-state index in [2.05, 4.69) is 30.0 Å². The van der Waals surface area contributed by atoms with Crippen LogP contribution in [0, 0.1) is 0 Å². The van der Waals surface area contributed by atoms with Gasteiger partial charge in [0.1, 0.15) is 0 Å². The van der Waals surface area contributed by atoms with E-state index in [-0.39, 0.29) is 6.61 Å². The molecule has 0 aliphatic carbocycles. The van der Waals surface area contributed by atoms with Crippen LogP contribution in [0.15, 0.2) is 42.7 Å². The standard InChI is InChI=1S/C13H15NO/c1-2-11-7-8-14(9-11)13-5-3-12(10-15)4-6-13/h3-9,15H,2,10H2,1H3. The fourth-order valence-corrected chi connectivity index (χ4v) is 1.58. The molecular formula is C13H15NO. The molecule has 0 atom stereocenters. The Balaban J connectivity index is 2.28. The van der Waals surface area contributed by atoms with Gasteiger partial charge >= 0.3 is 0 Å². The lowest BCUT2D eigenvalue weighted by Crippen LogP contribution is -1.90. The van der Waals surface area contributed by atoms with Crippen LogP contribution in [0.1, 0.15) is 18.1 Å². The molecule has 0 aliphatic rings. The molecule has 0 radical (unpaired) electrons. The summed E-state index contributed by atoms with van der Waals surface area (Å²) in [5.74, 6) is 0. The normalized spacial score (nSPS) is 10.5. The summed E-state index contributed by atoms with van der Waals surface area (Å²) >= 11 is 0. The highest BCUT2D eigenvalue weighted by atomic mass is 16.3. The highest BCUT2D eigenvalue weighted by Crippen LogP contribution is 2.12. The third-order valence-corrected chi connectivity index (χ3v) is 2.58. The average molecular weight is 201 g/mol. The van der Waals surface area contributed by atoms with E-state index >= 15 is 0 Å². The van der Waals surface area contributed by atoms with Crippen LogP contribution in [0.5, 0.6) is 0 Å². The Morgan fingerprint density at radius 1 is 1.07 bits per heavy atom. The van der Waals surface area contributed by atoms with Crippen LogP contribution in [0.2, 0.25) is 0 Å². The van der Waals surface area contributed by atoms with E-state index in [9.17, 15) is 0 Å². The molecule has 2 nitrogen and oxygen atoms in total. The van der Waals surface area contributed by atoms with Crippen molar-refractivity contribution in [2.45, 2.75) is 20.0 Å². The van der Waals surface area contributed by atoms with Crippen molar-refractivity contribution >= 4 is 0 Å². The van der Waals surface area contributed by atoms with Crippen molar-refractivity contribution in [3.8, 4) is 5.69 Å². The summed E-state index contributed by atoms with van der Waals surface area (Å²) in [6.45, 7) is 2.25. The molecule has 0 unspecified atom stereocenters. The van der Waals surface area contributed by atoms with Crippen LogP contribution in [0.3, 0.4) is 0 Å². The van der Waals surface area contributed by atoms with Gasteiger partial charge in [0, 0.05) is 18.1 Å². The zero-order valence-electron chi connectivity index (χ0n) is 8.85. The molecule has 1 heterocycles. The minimum absolute atomic E-state index is 0.103. The number of rotatable bonds is 3. The van der Waals surface area contributed by atoms with E-state index in [0.29, 0.717) is 0 Å². The van der Waals surface area contributed by atoms with Crippen molar-refractivity contribution in [1.29, 1.82) is 0 Å². The van der Waals surface area contributed by atoms with Gasteiger partial charge in [-0.15, -0.1) is 0 Å². The smallest absolute Gasteiger partial charge is 0.0681 e. The second-order valence-electron chi connectivity index (χ2n) is 3.61. The molecule has 2 rings (SSSR count). The van der Waals surface area contributed by atoms with Gasteiger partial charge in [-0.3, -0.25) is 0 Å². The summed E-state index contributed by atoms with van der Waals surface area (Å²) in [4.78, 5) is 0. The molecule has 0 bridgehead atoms. The summed E-state index contributed by atoms with van der Waals surface area (Å²) in [6.07, 6.45) is 5.25. The number of aliphatic hydroxyl groups is 1. The number of hydrogen-bond donors (Lipinski definition) is 1. The van der Waals surface area contributed by atoms with Crippen LogP contribution in [-0.4, -0.2) is 9.67 Å². The topological polar surface area (TPSA) is 25.2 Å². The quantitative estimate of drug-likeness (QED) is 0.811. The monoisotopic (exact) mass is 201 g/mol. The van der Waals surface area contributed by atoms with E-state index in [1.54, 1.807) is 0 Å². The van der Waals surface area contributed by atoms with Gasteiger partial charge < -0.3 is 9.67 Å². The summed E-state index contributed by atoms with van der Waals surface area (Å²) in [6, 6.07) is 10.1. The molecule has 0 aliphatic heterocycles. The molecule has 1 aromatic carbocycles. The van der Waals surface area contributed by atoms with Crippen LogP contribution < -0.4 is 0 Å². The maximum atomic E-state index is 8.93. The molecule has 0 fully saturated rings. The van der Waals surface area contributed by atoms with E-state index in [1.165, 1.54) is 5.56 Å². The fraction of sp³-hybridized carbons (Fsp3) is 0.231. The molecule has 78 valence electrons. The van der Waals surface area contributed by atoms with E-state index in [1.807, 2.05) is 24.3 Å². The van der Waals surface area contributed by atoms with Crippen molar-refractivity contribution < 1.29 is 5.11 Å². The first-order valence-corrected chi connectivity index (χ1v) is 5.20. The van der Waals surface area contributed by atoms with Gasteiger partial charge in [0.15, 0.2) is 0 Å². The maximum absolute atomic E-state index is 8.93. The number of hydrogen-bond acceptors (Lipinski definition) is 1. The van der Waals surface area contributed by atoms with E-state index < -0.39 is 0 Å². The van der Waals surface area contributed by atoms with Crippen molar-refractivity contribution in [2.24, 2.45) is 0 Å². The Labute approximate surface area is 89.8 Å². The molecular weight excluding hydrogens is 186 g/mol. The van der Waals surface area contributed by atoms with Crippen LogP contribution in [0.4, 0.5) is 0 Å². The molecule has 1 aromatic heterocycles. The molecule has 1 N–H and O–H groups in total. The molecule has 15 heavy (non-hydrogen) atoms. The Hall–Kier alpha value is -1.54. The minimum Gasteiger partial charge on any atom is -0.392 e. The Morgan fingerprint density at radius 3 is 2.33 bits per heavy atom. The predicted molar refractivity (Wildman–Crippen MR) is 61.1 cm³/mol. The summed E-state index contributed by atoms with van der Waals surface area (Å²) in [5.41, 5.74) is 3.41. The van der Waals surface area contributed by atoms with Gasteiger partial charge in [0.05, 0.1) is 6.61 Å². The SMILES string of the molecule is CCc1ccn(-c2ccc(CO)cc2)c1. The van der Waals surface area contributed by atoms with Crippen molar-refractivity contribution in [3.05, 3.63) is 53.9 Å². The fourth-order valence-electron chi connectivity index (χ4n) is 1.58. The number of nitrogens with zero attached hydrogens (tertiary/aromatic N) is 1. The lowest BCUT2D eigenvalue weighted by molar-refractivity contribution is 0.282. The molecule has 2 heteroatoms. The second kappa shape index (κ2) is 4.32. The number of aryl methyl sites for hydroxylation is 1. The van der Waals surface area contributed by atoms with Crippen molar-refractivity contribution in [3.63, 3.8) is 0 Å². The Kier molecular flexibility index (Phi) is 2.88. The first-order chi connectivity index (χ1) is 7.33. The predicted octanol–water partition coefficient (Wildman–Crippen LogP) is 2.53. The molecule has 0 spiro atoms. The zero-order valence-corrected chi connectivity index (χ0v) is 8.85. The lowest BCUT2D eigenvalue weighted by Gasteiger charge is -2.03. The molecule has 0 saturated carbocycles. The van der Waals surface area contributed by atoms with Gasteiger partial charge in [0.25, 0.3) is 0 Å². The first kappa shape index (κ1) is 9.99. The number of benzene rings is 1. The van der Waals surface area contributed by atoms with Gasteiger partial charge in [-0.25, -0.2) is 0 Å². The second-order valence-corrected chi connectivity index (χ2v) is 3.61. The molecule has 0 saturated heterocycles. The van der Waals surface area contributed by atoms with Crippen LogP contribution in [-0.2, 0) is 13.0 Å². The highest BCUT2D eigenvalue weighted by Gasteiger charge is 1.97. The lowest BCUT2D eigenvalue weighted by atomic mass is 10.2. The van der Waals surface area contributed by atoms with Gasteiger partial charge in [-0.05, 0) is 35.7 Å². The Bertz CT molecular complexity index is 428. The number of aliphatic hydroxyl groups excluding tert-OH is 1. The summed E-state index contributed by atoms with van der Waals surface area (Å²) in [5, 5.41) is 8.93. The first-order valence-electron chi connectivity index (χ1n) is 5.20. The van der Waals surface area contributed by atoms with Crippen LogP contribution in [0.25, 0.3) is 5.69 Å². The largest absolute Gasteiger partial charge is 0.392 e. The zero-order chi connectivity index (χ0) is 10.7. The number of aromatic nitrogens is 1.